The third-order valence-corrected chi connectivity index (χ3v) is 8.16. The first kappa shape index (κ1) is 30.7. The molecule has 1 N–H and O–H groups in total. The predicted molar refractivity (Wildman–Crippen MR) is 156 cm³/mol. The highest BCUT2D eigenvalue weighted by atomic mass is 19.4. The molecule has 3 aromatic carbocycles. The van der Waals surface area contributed by atoms with E-state index in [4.69, 9.17) is 18.9 Å². The second-order valence-corrected chi connectivity index (χ2v) is 12.1. The first-order valence-electron chi connectivity index (χ1n) is 14.4. The number of fused-ring (bicyclic) bond motifs is 2. The van der Waals surface area contributed by atoms with E-state index in [9.17, 15) is 23.1 Å². The number of carbonyl (C=O) groups excluding carboxylic acids is 1. The van der Waals surface area contributed by atoms with Crippen LogP contribution in [0.1, 0.15) is 78.5 Å². The van der Waals surface area contributed by atoms with Gasteiger partial charge in [-0.1, -0.05) is 6.07 Å². The number of hydrogen-bond donors (Lipinski definition) is 1. The van der Waals surface area contributed by atoms with Gasteiger partial charge in [-0.2, -0.15) is 13.2 Å². The van der Waals surface area contributed by atoms with E-state index in [1.165, 1.54) is 19.2 Å². The smallest absolute Gasteiger partial charge is 0.416 e. The molecule has 2 atom stereocenters. The van der Waals surface area contributed by atoms with Gasteiger partial charge in [-0.05, 0) is 104 Å². The molecular formula is C34H37F3O6. The highest BCUT2D eigenvalue weighted by molar-refractivity contribution is 5.77. The maximum Gasteiger partial charge on any atom is 0.416 e. The van der Waals surface area contributed by atoms with Crippen molar-refractivity contribution in [1.82, 2.24) is 0 Å². The molecule has 0 saturated heterocycles. The average molecular weight is 599 g/mol. The lowest BCUT2D eigenvalue weighted by molar-refractivity contribution is -0.141. The Kier molecular flexibility index (Phi) is 8.40. The van der Waals surface area contributed by atoms with Crippen molar-refractivity contribution in [3.8, 4) is 28.4 Å². The molecule has 6 nitrogen and oxygen atoms in total. The summed E-state index contributed by atoms with van der Waals surface area (Å²) >= 11 is 0. The lowest BCUT2D eigenvalue weighted by Crippen LogP contribution is -2.21. The molecule has 0 radical (unpaired) electrons. The predicted octanol–water partition coefficient (Wildman–Crippen LogP) is 7.63. The largest absolute Gasteiger partial charge is 0.493 e. The third kappa shape index (κ3) is 6.77. The lowest BCUT2D eigenvalue weighted by atomic mass is 9.88. The number of halogens is 3. The van der Waals surface area contributed by atoms with Gasteiger partial charge in [-0.25, -0.2) is 0 Å². The number of alkyl halides is 3. The van der Waals surface area contributed by atoms with Gasteiger partial charge in [-0.15, -0.1) is 0 Å². The molecule has 1 aliphatic heterocycles. The number of carbonyl (C=O) groups is 1. The second-order valence-electron chi connectivity index (χ2n) is 12.1. The van der Waals surface area contributed by atoms with E-state index in [-0.39, 0.29) is 18.3 Å². The van der Waals surface area contributed by atoms with Crippen LogP contribution < -0.4 is 14.2 Å². The topological polar surface area (TPSA) is 74.2 Å². The summed E-state index contributed by atoms with van der Waals surface area (Å²) in [7, 11) is 1.35. The van der Waals surface area contributed by atoms with Gasteiger partial charge in [0, 0.05) is 24.0 Å². The fourth-order valence-electron chi connectivity index (χ4n) is 6.00. The van der Waals surface area contributed by atoms with Crippen LogP contribution >= 0.6 is 0 Å². The zero-order valence-electron chi connectivity index (χ0n) is 25.1. The summed E-state index contributed by atoms with van der Waals surface area (Å²) in [6.45, 7) is 7.84. The number of methoxy groups -OCH3 is 1. The number of ether oxygens (including phenoxy) is 4. The SMILES string of the molecule is COC(=O)C[C@@H]1COc2cc(O[C@@H]3CCc4c(-c5c(C)cc(OCCC(C)(C)O)cc5C)cc(C(F)(F)F)cc43)ccc21. The Hall–Kier alpha value is -3.72. The first-order valence-corrected chi connectivity index (χ1v) is 14.4. The molecule has 230 valence electrons. The van der Waals surface area contributed by atoms with Gasteiger partial charge in [-0.3, -0.25) is 4.79 Å². The molecule has 1 heterocycles. The molecule has 1 aliphatic carbocycles. The molecule has 0 fully saturated rings. The number of rotatable bonds is 9. The normalized spacial score (nSPS) is 17.7. The minimum atomic E-state index is -4.53. The molecule has 0 bridgehead atoms. The van der Waals surface area contributed by atoms with E-state index < -0.39 is 23.4 Å². The van der Waals surface area contributed by atoms with E-state index in [0.717, 1.165) is 27.8 Å². The molecular weight excluding hydrogens is 561 g/mol. The van der Waals surface area contributed by atoms with Crippen LogP contribution in [0.25, 0.3) is 11.1 Å². The van der Waals surface area contributed by atoms with Crippen molar-refractivity contribution in [2.45, 2.75) is 77.2 Å². The van der Waals surface area contributed by atoms with Crippen LogP contribution in [0.3, 0.4) is 0 Å². The summed E-state index contributed by atoms with van der Waals surface area (Å²) < 4.78 is 65.3. The zero-order chi connectivity index (χ0) is 31.1. The number of aliphatic hydroxyl groups is 1. The van der Waals surface area contributed by atoms with Gasteiger partial charge in [0.15, 0.2) is 0 Å². The molecule has 0 unspecified atom stereocenters. The standard InChI is InChI=1S/C34H37F3O6/c1-19-12-24(41-11-10-33(3,4)39)13-20(2)32(19)28-16-22(34(35,36)37)15-27-26(28)8-9-29(27)43-23-6-7-25-21(14-31(38)40-5)18-42-30(25)17-23/h6-7,12-13,15-17,21,29,39H,8-11,14,18H2,1-5H3/t21-,29-/m1/s1. The molecule has 3 aromatic rings. The van der Waals surface area contributed by atoms with E-state index in [1.807, 2.05) is 32.0 Å². The Morgan fingerprint density at radius 2 is 1.74 bits per heavy atom. The molecule has 0 aromatic heterocycles. The average Bonchev–Trinajstić information content (AvgIpc) is 3.50. The van der Waals surface area contributed by atoms with Crippen LogP contribution in [-0.2, 0) is 22.1 Å². The van der Waals surface area contributed by atoms with E-state index in [2.05, 4.69) is 0 Å². The molecule has 0 saturated carbocycles. The summed E-state index contributed by atoms with van der Waals surface area (Å²) in [6, 6.07) is 11.5. The summed E-state index contributed by atoms with van der Waals surface area (Å²) in [5.41, 5.74) is 3.59. The molecule has 5 rings (SSSR count). The second kappa shape index (κ2) is 11.8. The van der Waals surface area contributed by atoms with Crippen molar-refractivity contribution in [1.29, 1.82) is 0 Å². The fourth-order valence-corrected chi connectivity index (χ4v) is 6.00. The maximum absolute atomic E-state index is 14.2. The van der Waals surface area contributed by atoms with Crippen molar-refractivity contribution >= 4 is 5.97 Å². The van der Waals surface area contributed by atoms with Crippen LogP contribution in [0, 0.1) is 13.8 Å². The van der Waals surface area contributed by atoms with E-state index >= 15 is 0 Å². The molecule has 2 aliphatic rings. The third-order valence-electron chi connectivity index (χ3n) is 8.16. The summed E-state index contributed by atoms with van der Waals surface area (Å²) in [5.74, 6) is 1.27. The van der Waals surface area contributed by atoms with Gasteiger partial charge in [0.05, 0.1) is 37.9 Å². The summed E-state index contributed by atoms with van der Waals surface area (Å²) in [6.07, 6.45) is -3.35. The van der Waals surface area contributed by atoms with Gasteiger partial charge in [0.25, 0.3) is 0 Å². The Bertz CT molecular complexity index is 1500. The van der Waals surface area contributed by atoms with Crippen LogP contribution in [-0.4, -0.2) is 37.0 Å². The van der Waals surface area contributed by atoms with Crippen molar-refractivity contribution in [3.05, 3.63) is 75.8 Å². The number of aryl methyl sites for hydroxylation is 2. The summed E-state index contributed by atoms with van der Waals surface area (Å²) in [5, 5.41) is 9.98. The van der Waals surface area contributed by atoms with Gasteiger partial charge < -0.3 is 24.1 Å². The van der Waals surface area contributed by atoms with Gasteiger partial charge in [0.2, 0.25) is 0 Å². The van der Waals surface area contributed by atoms with Crippen molar-refractivity contribution < 1.29 is 42.0 Å². The quantitative estimate of drug-likeness (QED) is 0.255. The maximum atomic E-state index is 14.2. The molecule has 9 heteroatoms. The highest BCUT2D eigenvalue weighted by Crippen LogP contribution is 2.47. The van der Waals surface area contributed by atoms with E-state index in [0.29, 0.717) is 60.9 Å². The minimum absolute atomic E-state index is 0.120. The Morgan fingerprint density at radius 3 is 2.40 bits per heavy atom. The molecule has 43 heavy (non-hydrogen) atoms. The Balaban J connectivity index is 1.45. The van der Waals surface area contributed by atoms with Crippen molar-refractivity contribution in [3.63, 3.8) is 0 Å². The monoisotopic (exact) mass is 598 g/mol. The lowest BCUT2D eigenvalue weighted by Gasteiger charge is -2.21. The van der Waals surface area contributed by atoms with Crippen molar-refractivity contribution in [2.24, 2.45) is 0 Å². The number of benzene rings is 3. The number of hydrogen-bond acceptors (Lipinski definition) is 6. The van der Waals surface area contributed by atoms with Crippen LogP contribution in [0.15, 0.2) is 42.5 Å². The van der Waals surface area contributed by atoms with Gasteiger partial charge in [0.1, 0.15) is 23.4 Å². The Morgan fingerprint density at radius 1 is 1.02 bits per heavy atom. The molecule has 0 amide bonds. The van der Waals surface area contributed by atoms with Gasteiger partial charge >= 0.3 is 12.1 Å². The molecule has 0 spiro atoms. The fraction of sp³-hybridized carbons (Fsp3) is 0.441. The highest BCUT2D eigenvalue weighted by Gasteiger charge is 2.36. The zero-order valence-corrected chi connectivity index (χ0v) is 25.1. The Labute approximate surface area is 249 Å². The van der Waals surface area contributed by atoms with E-state index in [1.54, 1.807) is 26.0 Å². The van der Waals surface area contributed by atoms with Crippen LogP contribution in [0.4, 0.5) is 13.2 Å². The minimum Gasteiger partial charge on any atom is -0.493 e. The number of esters is 1. The first-order chi connectivity index (χ1) is 20.2. The van der Waals surface area contributed by atoms with Crippen LogP contribution in [0.5, 0.6) is 17.2 Å². The summed E-state index contributed by atoms with van der Waals surface area (Å²) in [4.78, 5) is 11.8. The van der Waals surface area contributed by atoms with Crippen molar-refractivity contribution in [2.75, 3.05) is 20.3 Å². The van der Waals surface area contributed by atoms with Crippen LogP contribution in [0.2, 0.25) is 0 Å².